The quantitative estimate of drug-likeness (QED) is 0.180. The van der Waals surface area contributed by atoms with Crippen molar-refractivity contribution in [1.82, 2.24) is 25.2 Å². The second-order valence-corrected chi connectivity index (χ2v) is 21.3. The Balaban J connectivity index is 1.09. The van der Waals surface area contributed by atoms with Crippen LogP contribution in [0.15, 0.2) is 77.8 Å². The Morgan fingerprint density at radius 2 is 1.77 bits per heavy atom. The zero-order chi connectivity index (χ0) is 44.6. The summed E-state index contributed by atoms with van der Waals surface area (Å²) in [4.78, 5) is 63.9. The molecule has 340 valence electrons. The predicted molar refractivity (Wildman–Crippen MR) is 243 cm³/mol. The van der Waals surface area contributed by atoms with Crippen LogP contribution < -0.4 is 24.8 Å². The lowest BCUT2D eigenvalue weighted by molar-refractivity contribution is -0.142. The fraction of sp³-hybridized carbons (Fsp3) is 0.521. The zero-order valence-corrected chi connectivity index (χ0v) is 38.2. The van der Waals surface area contributed by atoms with Crippen molar-refractivity contribution in [2.45, 2.75) is 132 Å². The van der Waals surface area contributed by atoms with Gasteiger partial charge in [0.25, 0.3) is 5.91 Å². The predicted octanol–water partition coefficient (Wildman–Crippen LogP) is 6.94. The Hall–Kier alpha value is -4.96. The molecule has 3 heterocycles. The topological polar surface area (TPSA) is 182 Å². The maximum Gasteiger partial charge on any atom is 0.408 e. The van der Waals surface area contributed by atoms with E-state index in [1.807, 2.05) is 48.5 Å². The summed E-state index contributed by atoms with van der Waals surface area (Å²) >= 11 is 3.64. The van der Waals surface area contributed by atoms with Crippen LogP contribution in [0.4, 0.5) is 4.79 Å². The van der Waals surface area contributed by atoms with Gasteiger partial charge in [-0.1, -0.05) is 77.3 Å². The largest absolute Gasteiger partial charge is 0.488 e. The van der Waals surface area contributed by atoms with Crippen LogP contribution in [0.2, 0.25) is 0 Å². The van der Waals surface area contributed by atoms with Crippen LogP contribution in [0, 0.1) is 17.8 Å². The molecular formula is C48H56BrN5O9S. The lowest BCUT2D eigenvalue weighted by Gasteiger charge is -2.32. The third-order valence-corrected chi connectivity index (χ3v) is 16.3. The molecule has 2 aliphatic heterocycles. The first-order valence-electron chi connectivity index (χ1n) is 22.8. The van der Waals surface area contributed by atoms with Gasteiger partial charge in [0.05, 0.1) is 22.9 Å². The molecule has 9 rings (SSSR count). The molecule has 3 N–H and O–H groups in total. The number of nitrogens with one attached hydrogen (secondary N) is 3. The fourth-order valence-electron chi connectivity index (χ4n) is 10.2. The second kappa shape index (κ2) is 18.5. The summed E-state index contributed by atoms with van der Waals surface area (Å²) in [6.45, 7) is 4.10. The number of ether oxygens (including phenoxy) is 3. The third kappa shape index (κ3) is 9.40. The van der Waals surface area contributed by atoms with Crippen LogP contribution in [0.3, 0.4) is 0 Å². The van der Waals surface area contributed by atoms with E-state index in [1.165, 1.54) is 11.0 Å². The van der Waals surface area contributed by atoms with E-state index in [9.17, 15) is 22.8 Å². The van der Waals surface area contributed by atoms with E-state index in [-0.39, 0.29) is 43.9 Å². The van der Waals surface area contributed by atoms with E-state index >= 15 is 4.79 Å². The minimum Gasteiger partial charge on any atom is -0.488 e. The number of aromatic nitrogens is 1. The molecule has 16 heteroatoms. The highest BCUT2D eigenvalue weighted by molar-refractivity contribution is 9.10. The summed E-state index contributed by atoms with van der Waals surface area (Å²) in [6.07, 6.45) is 13.0. The van der Waals surface area contributed by atoms with Crippen LogP contribution >= 0.6 is 15.9 Å². The number of allylic oxidation sites excluding steroid dienone is 2. The normalized spacial score (nSPS) is 29.2. The molecule has 4 aliphatic carbocycles. The van der Waals surface area contributed by atoms with Gasteiger partial charge >= 0.3 is 6.09 Å². The number of hydrogen-bond donors (Lipinski definition) is 3. The van der Waals surface area contributed by atoms with Crippen molar-refractivity contribution < 1.29 is 41.8 Å². The highest BCUT2D eigenvalue weighted by Gasteiger charge is 2.62. The summed E-state index contributed by atoms with van der Waals surface area (Å²) < 4.78 is 48.6. The van der Waals surface area contributed by atoms with Crippen molar-refractivity contribution in [1.29, 1.82) is 0 Å². The molecule has 6 aliphatic rings. The van der Waals surface area contributed by atoms with Gasteiger partial charge in [0, 0.05) is 22.2 Å². The summed E-state index contributed by atoms with van der Waals surface area (Å²) in [5.41, 5.74) is 0.757. The Morgan fingerprint density at radius 1 is 0.984 bits per heavy atom. The number of fused-ring (bicyclic) bond motifs is 5. The van der Waals surface area contributed by atoms with E-state index < -0.39 is 68.7 Å². The number of carbonyl (C=O) groups is 4. The van der Waals surface area contributed by atoms with Crippen molar-refractivity contribution in [2.24, 2.45) is 17.8 Å². The Kier molecular flexibility index (Phi) is 12.8. The minimum atomic E-state index is -3.92. The summed E-state index contributed by atoms with van der Waals surface area (Å²) in [5.74, 6) is -1.55. The number of benzene rings is 2. The van der Waals surface area contributed by atoms with Gasteiger partial charge in [0.15, 0.2) is 0 Å². The van der Waals surface area contributed by atoms with Crippen molar-refractivity contribution in [3.05, 3.63) is 88.9 Å². The Labute approximate surface area is 382 Å². The molecule has 2 aromatic carbocycles. The monoisotopic (exact) mass is 957 g/mol. The second-order valence-electron chi connectivity index (χ2n) is 18.4. The first-order chi connectivity index (χ1) is 30.9. The first-order valence-corrected chi connectivity index (χ1v) is 25.1. The number of halogens is 1. The molecule has 0 unspecified atom stereocenters. The van der Waals surface area contributed by atoms with Crippen molar-refractivity contribution in [3.8, 4) is 11.6 Å². The van der Waals surface area contributed by atoms with E-state index in [1.54, 1.807) is 0 Å². The molecule has 0 spiro atoms. The number of pyridine rings is 1. The number of sulfonamides is 1. The standard InChI is InChI=1S/C48H56BrN5O9S/c1-2-32-26-48(32,46(57)53-64(59,60)35-21-22-35)52-43(55)39-25-34-27-54(39)45(56)41(31-15-9-10-16-31)51-47(58)63-40-19-11-17-30(40)14-7-4-8-18-36-42(61-28-29-12-5-3-6-13-29)37-24-33(49)20-23-38(37)50-44(36)62-34/h2-6,8,12-13,20,23-24,30-32,34-35,39-41H,1,7,9-11,14-19,21-22,25-28H2,(H,51,58)(H,52,55)(H,53,57)/b8-4+/t30-,32-,34-,39+,40-,41+,48-/m1/s1. The fourth-order valence-corrected chi connectivity index (χ4v) is 11.9. The number of rotatable bonds is 10. The van der Waals surface area contributed by atoms with Gasteiger partial charge in [-0.3, -0.25) is 19.1 Å². The van der Waals surface area contributed by atoms with Crippen LogP contribution in [-0.4, -0.2) is 83.7 Å². The average molecular weight is 959 g/mol. The van der Waals surface area contributed by atoms with Gasteiger partial charge in [-0.2, -0.15) is 0 Å². The molecule has 14 nitrogen and oxygen atoms in total. The lowest BCUT2D eigenvalue weighted by Crippen LogP contribution is -2.59. The molecule has 1 saturated heterocycles. The van der Waals surface area contributed by atoms with E-state index in [0.717, 1.165) is 60.4 Å². The third-order valence-electron chi connectivity index (χ3n) is 14.0. The number of alkyl carbamates (subject to hydrolysis) is 1. The van der Waals surface area contributed by atoms with Gasteiger partial charge in [-0.25, -0.2) is 18.2 Å². The van der Waals surface area contributed by atoms with Gasteiger partial charge in [-0.15, -0.1) is 6.58 Å². The van der Waals surface area contributed by atoms with Gasteiger partial charge in [0.1, 0.15) is 42.2 Å². The Bertz CT molecular complexity index is 2440. The van der Waals surface area contributed by atoms with Crippen LogP contribution in [-0.2, 0) is 42.2 Å². The van der Waals surface area contributed by atoms with Crippen molar-refractivity contribution >= 4 is 60.7 Å². The molecule has 3 aromatic rings. The Morgan fingerprint density at radius 3 is 2.52 bits per heavy atom. The number of amides is 4. The average Bonchev–Trinajstić information content (AvgIpc) is 4.07. The highest BCUT2D eigenvalue weighted by Crippen LogP contribution is 2.46. The molecule has 0 radical (unpaired) electrons. The van der Waals surface area contributed by atoms with E-state index in [2.05, 4.69) is 50.0 Å². The van der Waals surface area contributed by atoms with E-state index in [4.69, 9.17) is 19.2 Å². The molecule has 4 amide bonds. The minimum absolute atomic E-state index is 0.0233. The molecule has 64 heavy (non-hydrogen) atoms. The molecular weight excluding hydrogens is 903 g/mol. The summed E-state index contributed by atoms with van der Waals surface area (Å²) in [6, 6.07) is 13.5. The molecule has 1 aromatic heterocycles. The van der Waals surface area contributed by atoms with E-state index in [0.29, 0.717) is 54.8 Å². The number of carbonyl (C=O) groups excluding carboxylic acids is 4. The van der Waals surface area contributed by atoms with Crippen LogP contribution in [0.25, 0.3) is 10.9 Å². The number of hydrogen-bond acceptors (Lipinski definition) is 10. The van der Waals surface area contributed by atoms with Gasteiger partial charge in [0.2, 0.25) is 27.7 Å². The maximum absolute atomic E-state index is 15.1. The number of nitrogens with zero attached hydrogens (tertiary/aromatic N) is 2. The van der Waals surface area contributed by atoms with Crippen LogP contribution in [0.1, 0.15) is 94.6 Å². The molecule has 2 bridgehead atoms. The first kappa shape index (κ1) is 44.3. The molecule has 5 fully saturated rings. The molecule has 4 saturated carbocycles. The smallest absolute Gasteiger partial charge is 0.408 e. The SMILES string of the molecule is C=C[C@@H]1C[C@]1(NC(=O)[C@@H]1C[C@@H]2CN1C(=O)[C@H](C1CCCC1)NC(=O)O[C@@H]1CCC[C@H]1CC/C=C/Cc1c(nc3ccc(Br)cc3c1OCc1ccccc1)O2)C(=O)NS(=O)(=O)C1CC1. The van der Waals surface area contributed by atoms with Crippen LogP contribution in [0.5, 0.6) is 11.6 Å². The van der Waals surface area contributed by atoms with Crippen molar-refractivity contribution in [2.75, 3.05) is 6.54 Å². The highest BCUT2D eigenvalue weighted by atomic mass is 79.9. The zero-order valence-electron chi connectivity index (χ0n) is 35.8. The summed E-state index contributed by atoms with van der Waals surface area (Å²) in [5, 5.41) is 5.99. The molecule has 7 atom stereocenters. The maximum atomic E-state index is 15.1. The summed E-state index contributed by atoms with van der Waals surface area (Å²) in [7, 11) is -3.92. The van der Waals surface area contributed by atoms with Gasteiger partial charge < -0.3 is 29.7 Å². The van der Waals surface area contributed by atoms with Gasteiger partial charge in [-0.05, 0) is 106 Å². The lowest BCUT2D eigenvalue weighted by atomic mass is 9.96. The van der Waals surface area contributed by atoms with Crippen molar-refractivity contribution in [3.63, 3.8) is 0 Å².